The van der Waals surface area contributed by atoms with Crippen molar-refractivity contribution < 1.29 is 77.2 Å². The Kier molecular flexibility index (Phi) is 238. The van der Waals surface area contributed by atoms with E-state index in [1.54, 1.807) is 24.3 Å². The molecule has 0 aliphatic carbocycles. The fraction of sp³-hybridized carbons (Fsp3) is 0.333. The molecule has 0 fully saturated rings. The Hall–Kier alpha value is 0.700. The van der Waals surface area contributed by atoms with Crippen LogP contribution in [0.4, 0.5) is 0 Å². The van der Waals surface area contributed by atoms with Gasteiger partial charge in [0.05, 0.1) is 0 Å². The molecule has 0 atom stereocenters. The molecular formula is C24H42Cl2Si2Zr2. The largest absolute Gasteiger partial charge is 3.00 e. The molecular weight excluding hydrogens is 598 g/mol. The third-order valence-electron chi connectivity index (χ3n) is 1.21. The fourth-order valence-electron chi connectivity index (χ4n) is 0.444. The molecule has 0 heterocycles. The summed E-state index contributed by atoms with van der Waals surface area (Å²) in [4.78, 5) is 0. The van der Waals surface area contributed by atoms with Crippen molar-refractivity contribution in [3.05, 3.63) is 99.2 Å². The van der Waals surface area contributed by atoms with Crippen molar-refractivity contribution in [2.45, 2.75) is 53.9 Å². The van der Waals surface area contributed by atoms with E-state index in [0.717, 1.165) is 19.0 Å². The van der Waals surface area contributed by atoms with Crippen LogP contribution in [0.5, 0.6) is 0 Å². The standard InChI is InChI=1S/4C5H7.2C2H7Si.2ClH.2Zr/c4*1-3-5-4-2;2*1-3-2;;;;/h4*1,3-5H,2H3;2*3H,1-2H3;2*1H;;/q4*-1;;;;;2*+3/p-2/b4*5-4+;;;;;;. The Balaban J connectivity index is -0.0000000197. The molecule has 0 aliphatic heterocycles. The van der Waals surface area contributed by atoms with Crippen molar-refractivity contribution in [2.75, 3.05) is 0 Å². The van der Waals surface area contributed by atoms with Gasteiger partial charge in [0, 0.05) is 19.0 Å². The molecule has 0 aromatic carbocycles. The van der Waals surface area contributed by atoms with Crippen LogP contribution < -0.4 is 24.8 Å². The predicted octanol–water partition coefficient (Wildman–Crippen LogP) is 1.25. The zero-order chi connectivity index (χ0) is 21.9. The van der Waals surface area contributed by atoms with Gasteiger partial charge in [-0.2, -0.15) is 24.3 Å². The Morgan fingerprint density at radius 3 is 0.533 bits per heavy atom. The minimum absolute atomic E-state index is 0. The van der Waals surface area contributed by atoms with Crippen LogP contribution in [0.15, 0.2) is 72.9 Å². The molecule has 0 amide bonds. The van der Waals surface area contributed by atoms with Crippen LogP contribution in [-0.4, -0.2) is 19.0 Å². The zero-order valence-corrected chi connectivity index (χ0v) is 28.9. The minimum atomic E-state index is 0. The Morgan fingerprint density at radius 1 is 0.433 bits per heavy atom. The smallest absolute Gasteiger partial charge is 1.00 e. The van der Waals surface area contributed by atoms with Crippen LogP contribution in [0.25, 0.3) is 0 Å². The summed E-state index contributed by atoms with van der Waals surface area (Å²) < 4.78 is 0. The third kappa shape index (κ3) is 291. The van der Waals surface area contributed by atoms with Crippen LogP contribution in [0, 0.1) is 26.3 Å². The maximum Gasteiger partial charge on any atom is 3.00 e. The second-order valence-corrected chi connectivity index (χ2v) is 6.34. The normalized spacial score (nSPS) is 7.20. The number of hydrogen-bond acceptors (Lipinski definition) is 0. The molecule has 0 bridgehead atoms. The third-order valence-corrected chi connectivity index (χ3v) is 1.21. The Morgan fingerprint density at radius 2 is 0.533 bits per heavy atom. The maximum atomic E-state index is 4.93. The SMILES string of the molecule is C[SiH]C.C[SiH]C.[CH-]=C/C=C/C.[CH-]=C/C=C/C.[CH-]=C/C=C/C.[CH-]=C/C=C/C.[Cl-].[Cl-].[Zr+3].[Zr+3]. The molecule has 0 aliphatic rings. The van der Waals surface area contributed by atoms with Crippen molar-refractivity contribution in [3.63, 3.8) is 0 Å². The second-order valence-electron chi connectivity index (χ2n) is 4.03. The van der Waals surface area contributed by atoms with E-state index in [-0.39, 0.29) is 77.2 Å². The van der Waals surface area contributed by atoms with Crippen LogP contribution in [-0.2, 0) is 52.4 Å². The first kappa shape index (κ1) is 63.2. The van der Waals surface area contributed by atoms with Gasteiger partial charge in [0.15, 0.2) is 0 Å². The first-order valence-corrected chi connectivity index (χ1v) is 13.2. The fourth-order valence-corrected chi connectivity index (χ4v) is 0.444. The van der Waals surface area contributed by atoms with E-state index in [1.165, 1.54) is 24.3 Å². The molecule has 0 rings (SSSR count). The van der Waals surface area contributed by atoms with E-state index in [1.807, 2.05) is 52.0 Å². The van der Waals surface area contributed by atoms with Gasteiger partial charge < -0.3 is 24.8 Å². The molecule has 0 saturated heterocycles. The first-order valence-electron chi connectivity index (χ1n) is 8.62. The van der Waals surface area contributed by atoms with Gasteiger partial charge in [-0.1, -0.05) is 53.9 Å². The average Bonchev–Trinajstić information content (AvgIpc) is 2.61. The van der Waals surface area contributed by atoms with Gasteiger partial charge in [-0.25, -0.2) is 48.6 Å². The predicted molar refractivity (Wildman–Crippen MR) is 132 cm³/mol. The molecule has 0 nitrogen and oxygen atoms in total. The molecule has 30 heavy (non-hydrogen) atoms. The molecule has 0 N–H and O–H groups in total. The Bertz CT molecular complexity index is 287. The molecule has 0 unspecified atom stereocenters. The van der Waals surface area contributed by atoms with Gasteiger partial charge in [-0.15, -0.1) is 0 Å². The molecule has 0 aromatic rings. The number of halogens is 2. The van der Waals surface area contributed by atoms with E-state index in [2.05, 4.69) is 26.2 Å². The summed E-state index contributed by atoms with van der Waals surface area (Å²) in [5.74, 6) is 0. The summed E-state index contributed by atoms with van der Waals surface area (Å²) in [6.45, 7) is 36.2. The summed E-state index contributed by atoms with van der Waals surface area (Å²) in [5, 5.41) is 0. The van der Waals surface area contributed by atoms with E-state index < -0.39 is 0 Å². The van der Waals surface area contributed by atoms with Crippen molar-refractivity contribution >= 4 is 19.0 Å². The van der Waals surface area contributed by atoms with E-state index >= 15 is 0 Å². The molecule has 168 valence electrons. The summed E-state index contributed by atoms with van der Waals surface area (Å²) in [7, 11) is 1.50. The molecule has 6 heteroatoms. The minimum Gasteiger partial charge on any atom is -1.00 e. The van der Waals surface area contributed by atoms with Gasteiger partial charge in [0.25, 0.3) is 0 Å². The molecule has 0 saturated carbocycles. The van der Waals surface area contributed by atoms with Gasteiger partial charge in [-0.05, 0) is 0 Å². The number of allylic oxidation sites excluding steroid dienone is 12. The van der Waals surface area contributed by atoms with E-state index in [0.29, 0.717) is 0 Å². The van der Waals surface area contributed by atoms with E-state index in [9.17, 15) is 0 Å². The molecule has 4 radical (unpaired) electrons. The van der Waals surface area contributed by atoms with Crippen LogP contribution >= 0.6 is 0 Å². The number of rotatable bonds is 4. The second kappa shape index (κ2) is 113. The average molecular weight is 640 g/mol. The van der Waals surface area contributed by atoms with Crippen molar-refractivity contribution in [2.24, 2.45) is 0 Å². The van der Waals surface area contributed by atoms with Crippen molar-refractivity contribution in [1.29, 1.82) is 0 Å². The summed E-state index contributed by atoms with van der Waals surface area (Å²) >= 11 is 0. The van der Waals surface area contributed by atoms with Gasteiger partial charge >= 0.3 is 52.4 Å². The number of hydrogen-bond donors (Lipinski definition) is 0. The summed E-state index contributed by atoms with van der Waals surface area (Å²) in [6.07, 6.45) is 20.6. The first-order chi connectivity index (χ1) is 12.5. The van der Waals surface area contributed by atoms with E-state index in [4.69, 9.17) is 26.3 Å². The Labute approximate surface area is 247 Å². The monoisotopic (exact) mass is 636 g/mol. The summed E-state index contributed by atoms with van der Waals surface area (Å²) in [5.41, 5.74) is 0. The van der Waals surface area contributed by atoms with Crippen molar-refractivity contribution in [1.82, 2.24) is 0 Å². The van der Waals surface area contributed by atoms with Gasteiger partial charge in [-0.3, -0.25) is 26.3 Å². The van der Waals surface area contributed by atoms with Gasteiger partial charge in [0.1, 0.15) is 0 Å². The molecule has 0 aromatic heterocycles. The van der Waals surface area contributed by atoms with Crippen LogP contribution in [0.3, 0.4) is 0 Å². The molecule has 0 spiro atoms. The van der Waals surface area contributed by atoms with Crippen LogP contribution in [0.2, 0.25) is 26.2 Å². The quantitative estimate of drug-likeness (QED) is 0.247. The summed E-state index contributed by atoms with van der Waals surface area (Å²) in [6, 6.07) is 0. The topological polar surface area (TPSA) is 0 Å². The zero-order valence-electron chi connectivity index (χ0n) is 20.1. The van der Waals surface area contributed by atoms with Crippen molar-refractivity contribution in [3.8, 4) is 0 Å². The van der Waals surface area contributed by atoms with Crippen LogP contribution in [0.1, 0.15) is 27.7 Å². The maximum absolute atomic E-state index is 4.93. The van der Waals surface area contributed by atoms with Gasteiger partial charge in [0.2, 0.25) is 0 Å².